The van der Waals surface area contributed by atoms with Crippen LogP contribution in [0.1, 0.15) is 33.1 Å². The van der Waals surface area contributed by atoms with Gasteiger partial charge in [0.2, 0.25) is 0 Å². The average molecular weight is 203 g/mol. The second-order valence-electron chi connectivity index (χ2n) is 3.90. The van der Waals surface area contributed by atoms with Crippen LogP contribution in [0.4, 0.5) is 0 Å². The zero-order chi connectivity index (χ0) is 9.68. The third-order valence-electron chi connectivity index (χ3n) is 2.67. The smallest absolute Gasteiger partial charge is 0.0431 e. The van der Waals surface area contributed by atoms with E-state index in [1.54, 1.807) is 0 Å². The Labute approximate surface area is 85.5 Å². The fraction of sp³-hybridized carbons (Fsp3) is 1.00. The van der Waals surface area contributed by atoms with Gasteiger partial charge in [-0.3, -0.25) is 0 Å². The van der Waals surface area contributed by atoms with E-state index in [1.807, 2.05) is 0 Å². The van der Waals surface area contributed by atoms with E-state index < -0.39 is 0 Å². The highest BCUT2D eigenvalue weighted by atomic mass is 32.2. The van der Waals surface area contributed by atoms with Gasteiger partial charge < -0.3 is 10.4 Å². The minimum absolute atomic E-state index is 0.320. The van der Waals surface area contributed by atoms with Crippen molar-refractivity contribution < 1.29 is 5.11 Å². The van der Waals surface area contributed by atoms with Crippen LogP contribution in [0.5, 0.6) is 0 Å². The minimum atomic E-state index is 0.320. The van der Waals surface area contributed by atoms with Crippen molar-refractivity contribution in [3.63, 3.8) is 0 Å². The first-order valence-corrected chi connectivity index (χ1v) is 6.27. The third-order valence-corrected chi connectivity index (χ3v) is 4.00. The van der Waals surface area contributed by atoms with Gasteiger partial charge in [0.15, 0.2) is 0 Å². The number of hydrogen-bond acceptors (Lipinski definition) is 3. The Balaban J connectivity index is 2.15. The summed E-state index contributed by atoms with van der Waals surface area (Å²) in [4.78, 5) is 0. The summed E-state index contributed by atoms with van der Waals surface area (Å²) in [5.41, 5.74) is 0. The molecule has 3 unspecified atom stereocenters. The van der Waals surface area contributed by atoms with Gasteiger partial charge in [-0.1, -0.05) is 6.92 Å². The zero-order valence-corrected chi connectivity index (χ0v) is 9.44. The Hall–Kier alpha value is 0.270. The Kier molecular flexibility index (Phi) is 5.14. The van der Waals surface area contributed by atoms with Gasteiger partial charge in [-0.2, -0.15) is 11.8 Å². The van der Waals surface area contributed by atoms with Crippen molar-refractivity contribution in [1.82, 2.24) is 5.32 Å². The molecule has 1 aliphatic rings. The van der Waals surface area contributed by atoms with Gasteiger partial charge in [-0.05, 0) is 31.9 Å². The summed E-state index contributed by atoms with van der Waals surface area (Å²) < 4.78 is 0. The molecule has 0 spiro atoms. The van der Waals surface area contributed by atoms with Crippen LogP contribution in [-0.2, 0) is 0 Å². The van der Waals surface area contributed by atoms with Gasteiger partial charge in [-0.25, -0.2) is 0 Å². The van der Waals surface area contributed by atoms with Crippen LogP contribution >= 0.6 is 11.8 Å². The molecule has 2 N–H and O–H groups in total. The van der Waals surface area contributed by atoms with Gasteiger partial charge in [0.25, 0.3) is 0 Å². The fourth-order valence-electron chi connectivity index (χ4n) is 1.80. The Morgan fingerprint density at radius 2 is 2.38 bits per heavy atom. The first-order valence-electron chi connectivity index (χ1n) is 5.22. The SMILES string of the molecule is CC(CCCO)NC1CCSC1C. The van der Waals surface area contributed by atoms with E-state index in [0.717, 1.165) is 18.1 Å². The second kappa shape index (κ2) is 5.89. The number of thioether (sulfide) groups is 1. The summed E-state index contributed by atoms with van der Waals surface area (Å²) in [6, 6.07) is 1.25. The van der Waals surface area contributed by atoms with E-state index in [0.29, 0.717) is 18.7 Å². The lowest BCUT2D eigenvalue weighted by Crippen LogP contribution is -2.39. The zero-order valence-electron chi connectivity index (χ0n) is 8.62. The molecule has 2 nitrogen and oxygen atoms in total. The van der Waals surface area contributed by atoms with Crippen LogP contribution in [0.2, 0.25) is 0 Å². The number of hydrogen-bond donors (Lipinski definition) is 2. The molecule has 0 radical (unpaired) electrons. The molecule has 0 aromatic rings. The van der Waals surface area contributed by atoms with Gasteiger partial charge in [0.1, 0.15) is 0 Å². The lowest BCUT2D eigenvalue weighted by atomic mass is 10.1. The van der Waals surface area contributed by atoms with Gasteiger partial charge in [0, 0.05) is 23.9 Å². The van der Waals surface area contributed by atoms with E-state index in [2.05, 4.69) is 30.9 Å². The van der Waals surface area contributed by atoms with Crippen molar-refractivity contribution in [3.05, 3.63) is 0 Å². The van der Waals surface area contributed by atoms with Crippen LogP contribution in [0.3, 0.4) is 0 Å². The summed E-state index contributed by atoms with van der Waals surface area (Å²) in [7, 11) is 0. The molecule has 1 aliphatic heterocycles. The fourth-order valence-corrected chi connectivity index (χ4v) is 3.01. The molecular weight excluding hydrogens is 182 g/mol. The van der Waals surface area contributed by atoms with Crippen LogP contribution in [-0.4, -0.2) is 34.8 Å². The first-order chi connectivity index (χ1) is 6.24. The summed E-state index contributed by atoms with van der Waals surface area (Å²) in [6.07, 6.45) is 3.31. The van der Waals surface area contributed by atoms with Crippen LogP contribution < -0.4 is 5.32 Å². The van der Waals surface area contributed by atoms with E-state index in [4.69, 9.17) is 5.11 Å². The van der Waals surface area contributed by atoms with Crippen LogP contribution in [0.25, 0.3) is 0 Å². The molecule has 0 aromatic carbocycles. The van der Waals surface area contributed by atoms with E-state index in [1.165, 1.54) is 12.2 Å². The Morgan fingerprint density at radius 1 is 1.62 bits per heavy atom. The highest BCUT2D eigenvalue weighted by molar-refractivity contribution is 8.00. The lowest BCUT2D eigenvalue weighted by Gasteiger charge is -2.21. The van der Waals surface area contributed by atoms with Gasteiger partial charge >= 0.3 is 0 Å². The topological polar surface area (TPSA) is 32.3 Å². The monoisotopic (exact) mass is 203 g/mol. The Bertz CT molecular complexity index is 143. The van der Waals surface area contributed by atoms with Crippen LogP contribution in [0.15, 0.2) is 0 Å². The molecule has 0 saturated carbocycles. The number of nitrogens with one attached hydrogen (secondary N) is 1. The van der Waals surface area contributed by atoms with Crippen molar-refractivity contribution in [2.24, 2.45) is 0 Å². The molecule has 1 saturated heterocycles. The standard InChI is InChI=1S/C10H21NOS/c1-8(4-3-6-12)11-10-5-7-13-9(10)2/h8-12H,3-7H2,1-2H3. The molecule has 0 bridgehead atoms. The maximum Gasteiger partial charge on any atom is 0.0431 e. The molecule has 0 amide bonds. The molecule has 3 atom stereocenters. The van der Waals surface area contributed by atoms with E-state index in [9.17, 15) is 0 Å². The summed E-state index contributed by atoms with van der Waals surface area (Å²) >= 11 is 2.06. The largest absolute Gasteiger partial charge is 0.396 e. The maximum atomic E-state index is 8.70. The number of aliphatic hydroxyl groups excluding tert-OH is 1. The van der Waals surface area contributed by atoms with E-state index in [-0.39, 0.29) is 0 Å². The maximum absolute atomic E-state index is 8.70. The highest BCUT2D eigenvalue weighted by Crippen LogP contribution is 2.26. The summed E-state index contributed by atoms with van der Waals surface area (Å²) in [6.45, 7) is 4.83. The lowest BCUT2D eigenvalue weighted by molar-refractivity contribution is 0.273. The quantitative estimate of drug-likeness (QED) is 0.712. The van der Waals surface area contributed by atoms with Crippen molar-refractivity contribution in [2.75, 3.05) is 12.4 Å². The molecule has 0 aromatic heterocycles. The van der Waals surface area contributed by atoms with Gasteiger partial charge in [-0.15, -0.1) is 0 Å². The van der Waals surface area contributed by atoms with Crippen molar-refractivity contribution in [3.8, 4) is 0 Å². The van der Waals surface area contributed by atoms with Crippen molar-refractivity contribution in [1.29, 1.82) is 0 Å². The third kappa shape index (κ3) is 3.88. The second-order valence-corrected chi connectivity index (χ2v) is 5.39. The molecule has 0 aliphatic carbocycles. The first kappa shape index (κ1) is 11.3. The molecule has 3 heteroatoms. The van der Waals surface area contributed by atoms with Crippen LogP contribution in [0, 0.1) is 0 Å². The van der Waals surface area contributed by atoms with Crippen molar-refractivity contribution >= 4 is 11.8 Å². The molecule has 1 rings (SSSR count). The molecule has 1 fully saturated rings. The van der Waals surface area contributed by atoms with Crippen molar-refractivity contribution in [2.45, 2.75) is 50.4 Å². The van der Waals surface area contributed by atoms with E-state index >= 15 is 0 Å². The Morgan fingerprint density at radius 3 is 2.92 bits per heavy atom. The minimum Gasteiger partial charge on any atom is -0.396 e. The predicted octanol–water partition coefficient (Wildman–Crippen LogP) is 1.63. The summed E-state index contributed by atoms with van der Waals surface area (Å²) in [5, 5.41) is 13.1. The molecule has 13 heavy (non-hydrogen) atoms. The van der Waals surface area contributed by atoms with Gasteiger partial charge in [0.05, 0.1) is 0 Å². The molecular formula is C10H21NOS. The summed E-state index contributed by atoms with van der Waals surface area (Å²) in [5.74, 6) is 1.30. The normalized spacial score (nSPS) is 30.7. The molecule has 78 valence electrons. The predicted molar refractivity (Wildman–Crippen MR) is 59.2 cm³/mol. The average Bonchev–Trinajstić information content (AvgIpc) is 2.48. The molecule has 1 heterocycles. The number of aliphatic hydroxyl groups is 1. The highest BCUT2D eigenvalue weighted by Gasteiger charge is 2.24. The number of rotatable bonds is 5.